The van der Waals surface area contributed by atoms with Crippen LogP contribution in [0.3, 0.4) is 0 Å². The summed E-state index contributed by atoms with van der Waals surface area (Å²) in [7, 11) is 2.14. The zero-order chi connectivity index (χ0) is 13.4. The second kappa shape index (κ2) is 4.82. The van der Waals surface area contributed by atoms with E-state index in [9.17, 15) is 0 Å². The molecule has 1 atom stereocenters. The maximum Gasteiger partial charge on any atom is 0.129 e. The Bertz CT molecular complexity index is 590. The lowest BCUT2D eigenvalue weighted by Gasteiger charge is -2.26. The molecule has 2 aromatic rings. The summed E-state index contributed by atoms with van der Waals surface area (Å²) in [5.74, 6) is 1.87. The summed E-state index contributed by atoms with van der Waals surface area (Å²) in [4.78, 5) is 7.08. The van der Waals surface area contributed by atoms with Gasteiger partial charge in [-0.2, -0.15) is 0 Å². The molecule has 1 aromatic carbocycles. The molecule has 3 heteroatoms. The SMILES string of the molecule is CC(C1CC1)N(C)c1cc(CN)c2ccccc2n1. The van der Waals surface area contributed by atoms with E-state index in [2.05, 4.69) is 37.1 Å². The third-order valence-electron chi connectivity index (χ3n) is 4.28. The Morgan fingerprint density at radius 2 is 2.11 bits per heavy atom. The Hall–Kier alpha value is -1.61. The number of nitrogens with zero attached hydrogens (tertiary/aromatic N) is 2. The van der Waals surface area contributed by atoms with Crippen LogP contribution in [-0.2, 0) is 6.54 Å². The summed E-state index contributed by atoms with van der Waals surface area (Å²) in [5, 5.41) is 1.17. The average molecular weight is 255 g/mol. The fraction of sp³-hybridized carbons (Fsp3) is 0.438. The number of hydrogen-bond acceptors (Lipinski definition) is 3. The van der Waals surface area contributed by atoms with E-state index in [1.165, 1.54) is 23.8 Å². The second-order valence-corrected chi connectivity index (χ2v) is 5.55. The van der Waals surface area contributed by atoms with Crippen LogP contribution in [0.25, 0.3) is 10.9 Å². The van der Waals surface area contributed by atoms with Crippen molar-refractivity contribution in [1.82, 2.24) is 4.98 Å². The van der Waals surface area contributed by atoms with Crippen molar-refractivity contribution in [2.24, 2.45) is 11.7 Å². The van der Waals surface area contributed by atoms with Gasteiger partial charge in [0, 0.05) is 25.0 Å². The van der Waals surface area contributed by atoms with E-state index in [1.807, 2.05) is 12.1 Å². The predicted molar refractivity (Wildman–Crippen MR) is 80.2 cm³/mol. The molecule has 1 unspecified atom stereocenters. The number of benzene rings is 1. The van der Waals surface area contributed by atoms with Gasteiger partial charge in [0.25, 0.3) is 0 Å². The Kier molecular flexibility index (Phi) is 3.15. The van der Waals surface area contributed by atoms with Crippen LogP contribution in [0, 0.1) is 5.92 Å². The molecule has 0 radical (unpaired) electrons. The highest BCUT2D eigenvalue weighted by molar-refractivity contribution is 5.84. The van der Waals surface area contributed by atoms with Crippen LogP contribution in [-0.4, -0.2) is 18.1 Å². The summed E-state index contributed by atoms with van der Waals surface area (Å²) in [6.45, 7) is 2.85. The van der Waals surface area contributed by atoms with Crippen molar-refractivity contribution in [3.8, 4) is 0 Å². The number of hydrogen-bond donors (Lipinski definition) is 1. The van der Waals surface area contributed by atoms with Crippen LogP contribution >= 0.6 is 0 Å². The molecule has 100 valence electrons. The Balaban J connectivity index is 2.03. The summed E-state index contributed by atoms with van der Waals surface area (Å²) in [6.07, 6.45) is 2.70. The minimum atomic E-state index is 0.555. The fourth-order valence-corrected chi connectivity index (χ4v) is 2.69. The molecule has 1 fully saturated rings. The van der Waals surface area contributed by atoms with E-state index in [0.717, 1.165) is 17.3 Å². The highest BCUT2D eigenvalue weighted by atomic mass is 15.2. The first-order chi connectivity index (χ1) is 9.20. The van der Waals surface area contributed by atoms with Crippen molar-refractivity contribution >= 4 is 16.7 Å². The molecule has 19 heavy (non-hydrogen) atoms. The van der Waals surface area contributed by atoms with E-state index in [4.69, 9.17) is 10.7 Å². The zero-order valence-corrected chi connectivity index (χ0v) is 11.6. The molecule has 2 N–H and O–H groups in total. The number of para-hydroxylation sites is 1. The van der Waals surface area contributed by atoms with Crippen LogP contribution in [0.15, 0.2) is 30.3 Å². The van der Waals surface area contributed by atoms with Crippen molar-refractivity contribution in [1.29, 1.82) is 0 Å². The Morgan fingerprint density at radius 1 is 1.37 bits per heavy atom. The highest BCUT2D eigenvalue weighted by Crippen LogP contribution is 2.36. The highest BCUT2D eigenvalue weighted by Gasteiger charge is 2.31. The number of anilines is 1. The third-order valence-corrected chi connectivity index (χ3v) is 4.28. The smallest absolute Gasteiger partial charge is 0.129 e. The normalized spacial score (nSPS) is 16.6. The molecule has 3 rings (SSSR count). The lowest BCUT2D eigenvalue weighted by molar-refractivity contribution is 0.604. The Labute approximate surface area is 114 Å². The van der Waals surface area contributed by atoms with Gasteiger partial charge < -0.3 is 10.6 Å². The van der Waals surface area contributed by atoms with Gasteiger partial charge in [0.05, 0.1) is 5.52 Å². The zero-order valence-electron chi connectivity index (χ0n) is 11.6. The van der Waals surface area contributed by atoms with E-state index in [0.29, 0.717) is 12.6 Å². The van der Waals surface area contributed by atoms with Gasteiger partial charge in [0.1, 0.15) is 5.82 Å². The monoisotopic (exact) mass is 255 g/mol. The molecule has 0 amide bonds. The molecule has 0 saturated heterocycles. The van der Waals surface area contributed by atoms with Crippen molar-refractivity contribution in [2.75, 3.05) is 11.9 Å². The molecule has 0 spiro atoms. The molecule has 1 aliphatic carbocycles. The average Bonchev–Trinajstić information content (AvgIpc) is 3.29. The largest absolute Gasteiger partial charge is 0.357 e. The maximum atomic E-state index is 5.89. The van der Waals surface area contributed by atoms with Crippen LogP contribution in [0.2, 0.25) is 0 Å². The minimum absolute atomic E-state index is 0.555. The van der Waals surface area contributed by atoms with Gasteiger partial charge in [-0.15, -0.1) is 0 Å². The predicted octanol–water partition coefficient (Wildman–Crippen LogP) is 2.93. The first-order valence-electron chi connectivity index (χ1n) is 7.02. The molecule has 1 heterocycles. The second-order valence-electron chi connectivity index (χ2n) is 5.55. The third kappa shape index (κ3) is 2.30. The number of nitrogens with two attached hydrogens (primary N) is 1. The van der Waals surface area contributed by atoms with Gasteiger partial charge in [0.2, 0.25) is 0 Å². The van der Waals surface area contributed by atoms with Crippen LogP contribution < -0.4 is 10.6 Å². The van der Waals surface area contributed by atoms with Gasteiger partial charge in [-0.3, -0.25) is 0 Å². The number of aromatic nitrogens is 1. The van der Waals surface area contributed by atoms with Crippen molar-refractivity contribution in [3.63, 3.8) is 0 Å². The molecule has 0 aliphatic heterocycles. The summed E-state index contributed by atoms with van der Waals surface area (Å²) in [5.41, 5.74) is 8.10. The molecular formula is C16H21N3. The lowest BCUT2D eigenvalue weighted by atomic mass is 10.1. The van der Waals surface area contributed by atoms with Gasteiger partial charge >= 0.3 is 0 Å². The molecular weight excluding hydrogens is 234 g/mol. The number of pyridine rings is 1. The van der Waals surface area contributed by atoms with E-state index < -0.39 is 0 Å². The van der Waals surface area contributed by atoms with Crippen molar-refractivity contribution < 1.29 is 0 Å². The van der Waals surface area contributed by atoms with Crippen LogP contribution in [0.4, 0.5) is 5.82 Å². The lowest BCUT2D eigenvalue weighted by Crippen LogP contribution is -2.31. The quantitative estimate of drug-likeness (QED) is 0.913. The maximum absolute atomic E-state index is 5.89. The van der Waals surface area contributed by atoms with Crippen LogP contribution in [0.5, 0.6) is 0 Å². The fourth-order valence-electron chi connectivity index (χ4n) is 2.69. The summed E-state index contributed by atoms with van der Waals surface area (Å²) < 4.78 is 0. The molecule has 1 saturated carbocycles. The van der Waals surface area contributed by atoms with Crippen molar-refractivity contribution in [2.45, 2.75) is 32.4 Å². The van der Waals surface area contributed by atoms with E-state index >= 15 is 0 Å². The van der Waals surface area contributed by atoms with Crippen LogP contribution in [0.1, 0.15) is 25.3 Å². The molecule has 1 aromatic heterocycles. The Morgan fingerprint density at radius 3 is 2.79 bits per heavy atom. The van der Waals surface area contributed by atoms with E-state index in [1.54, 1.807) is 0 Å². The standard InChI is InChI=1S/C16H21N3/c1-11(12-7-8-12)19(2)16-9-13(10-17)14-5-3-4-6-15(14)18-16/h3-6,9,11-12H,7-8,10,17H2,1-2H3. The number of rotatable bonds is 4. The van der Waals surface area contributed by atoms with E-state index in [-0.39, 0.29) is 0 Å². The first-order valence-corrected chi connectivity index (χ1v) is 7.02. The summed E-state index contributed by atoms with van der Waals surface area (Å²) >= 11 is 0. The first kappa shape index (κ1) is 12.4. The molecule has 1 aliphatic rings. The van der Waals surface area contributed by atoms with Gasteiger partial charge in [-0.25, -0.2) is 4.98 Å². The molecule has 3 nitrogen and oxygen atoms in total. The van der Waals surface area contributed by atoms with Gasteiger partial charge in [-0.05, 0) is 43.4 Å². The minimum Gasteiger partial charge on any atom is -0.357 e. The topological polar surface area (TPSA) is 42.1 Å². The number of fused-ring (bicyclic) bond motifs is 1. The van der Waals surface area contributed by atoms with Gasteiger partial charge in [0.15, 0.2) is 0 Å². The van der Waals surface area contributed by atoms with Gasteiger partial charge in [-0.1, -0.05) is 18.2 Å². The van der Waals surface area contributed by atoms with Crippen molar-refractivity contribution in [3.05, 3.63) is 35.9 Å². The molecule has 0 bridgehead atoms. The summed E-state index contributed by atoms with van der Waals surface area (Å²) in [6, 6.07) is 10.9.